The van der Waals surface area contributed by atoms with E-state index < -0.39 is 89.9 Å². The molecule has 0 bridgehead atoms. The van der Waals surface area contributed by atoms with E-state index in [0.29, 0.717) is 0 Å². The topological polar surface area (TPSA) is 88.2 Å². The molecule has 0 spiro atoms. The highest BCUT2D eigenvalue weighted by Crippen LogP contribution is 2.34. The molecule has 0 saturated carbocycles. The molecule has 2 aromatic rings. The first kappa shape index (κ1) is 15.1. The zero-order valence-electron chi connectivity index (χ0n) is 29.4. The minimum atomic E-state index is -3.40. The number of ether oxygens (including phenoxy) is 2. The molecule has 3 aliphatic rings. The van der Waals surface area contributed by atoms with E-state index in [1.807, 2.05) is 0 Å². The lowest BCUT2D eigenvalue weighted by atomic mass is 10.0. The van der Waals surface area contributed by atoms with Crippen LogP contribution in [0.25, 0.3) is 0 Å². The van der Waals surface area contributed by atoms with E-state index in [1.165, 1.54) is 23.1 Å². The number of nitrogens with one attached hydrogen (secondary N) is 1. The molecule has 36 heavy (non-hydrogen) atoms. The first-order valence-electron chi connectivity index (χ1n) is 16.3. The smallest absolute Gasteiger partial charge is 0.255 e. The number of carbonyl (C=O) groups excluding carboxylic acids is 3. The summed E-state index contributed by atoms with van der Waals surface area (Å²) in [4.78, 5) is 39.9. The Labute approximate surface area is 223 Å². The van der Waals surface area contributed by atoms with Crippen molar-refractivity contribution < 1.29 is 42.0 Å². The predicted molar refractivity (Wildman–Crippen MR) is 129 cm³/mol. The number of halogens is 1. The Balaban J connectivity index is 1.53. The van der Waals surface area contributed by atoms with Crippen LogP contribution in [0.4, 0.5) is 4.39 Å². The maximum Gasteiger partial charge on any atom is 0.255 e. The van der Waals surface area contributed by atoms with Crippen LogP contribution < -0.4 is 10.1 Å². The molecule has 2 saturated heterocycles. The van der Waals surface area contributed by atoms with Crippen molar-refractivity contribution in [1.82, 2.24) is 15.1 Å². The van der Waals surface area contributed by atoms with Gasteiger partial charge in [-0.25, -0.2) is 4.39 Å². The van der Waals surface area contributed by atoms with Gasteiger partial charge in [0.2, 0.25) is 11.8 Å². The average molecular weight is 506 g/mol. The quantitative estimate of drug-likeness (QED) is 0.608. The van der Waals surface area contributed by atoms with Gasteiger partial charge in [0.05, 0.1) is 24.2 Å². The number of benzene rings is 2. The number of carbonyl (C=O) groups is 3. The maximum absolute atomic E-state index is 16.0. The van der Waals surface area contributed by atoms with Crippen LogP contribution in [0.3, 0.4) is 0 Å². The van der Waals surface area contributed by atoms with E-state index in [9.17, 15) is 14.4 Å². The van der Waals surface area contributed by atoms with E-state index in [0.717, 1.165) is 18.2 Å². The molecule has 9 heteroatoms. The molecular formula is C27H30FN3O5. The largest absolute Gasteiger partial charge is 0.488 e. The normalized spacial score (nSPS) is 33.7. The lowest BCUT2D eigenvalue weighted by Gasteiger charge is -2.35. The number of hydrogen-bond donors (Lipinski definition) is 1. The highest BCUT2D eigenvalue weighted by atomic mass is 19.1. The van der Waals surface area contributed by atoms with Gasteiger partial charge in [-0.2, -0.15) is 0 Å². The van der Waals surface area contributed by atoms with Gasteiger partial charge in [0.25, 0.3) is 5.91 Å². The summed E-state index contributed by atoms with van der Waals surface area (Å²) in [6, 6.07) is 4.32. The molecule has 0 aliphatic carbocycles. The molecule has 0 radical (unpaired) electrons. The standard InChI is InChI=1S/C27H30FN3O5/c1-16-11-30(12-17(2)36-16)13-18-5-3-6-19(25(18)28)15-35-23-8-4-7-20-21(23)14-31(27(20)34)22-9-10-24(32)29-26(22)33/h3-8,16-17,22H,9-15H2,1-2H3,(H,29,32,33)/i9D2,10D2,13D2,14D2,15D2. The van der Waals surface area contributed by atoms with Crippen molar-refractivity contribution >= 4 is 17.7 Å². The Morgan fingerprint density at radius 2 is 1.86 bits per heavy atom. The molecule has 1 N–H and O–H groups in total. The number of amides is 3. The molecule has 2 aromatic carbocycles. The third kappa shape index (κ3) is 4.85. The van der Waals surface area contributed by atoms with Gasteiger partial charge in [-0.3, -0.25) is 24.6 Å². The average Bonchev–Trinajstić information content (AvgIpc) is 3.12. The summed E-state index contributed by atoms with van der Waals surface area (Å²) in [5, 5.41) is 1.64. The summed E-state index contributed by atoms with van der Waals surface area (Å²) >= 11 is 0. The predicted octanol–water partition coefficient (Wildman–Crippen LogP) is 2.77. The summed E-state index contributed by atoms with van der Waals surface area (Å²) in [5.74, 6) is -6.23. The van der Waals surface area contributed by atoms with Crippen LogP contribution >= 0.6 is 0 Å². The third-order valence-electron chi connectivity index (χ3n) is 5.74. The van der Waals surface area contributed by atoms with Crippen LogP contribution in [0, 0.1) is 5.82 Å². The monoisotopic (exact) mass is 505 g/mol. The van der Waals surface area contributed by atoms with E-state index in [2.05, 4.69) is 0 Å². The number of piperidine rings is 1. The fraction of sp³-hybridized carbons (Fsp3) is 0.444. The lowest BCUT2D eigenvalue weighted by molar-refractivity contribution is -0.136. The summed E-state index contributed by atoms with van der Waals surface area (Å²) < 4.78 is 112. The minimum Gasteiger partial charge on any atom is -0.488 e. The number of fused-ring (bicyclic) bond motifs is 1. The van der Waals surface area contributed by atoms with Crippen LogP contribution in [0.15, 0.2) is 36.4 Å². The Bertz CT molecular complexity index is 1610. The molecule has 0 aromatic heterocycles. The van der Waals surface area contributed by atoms with Gasteiger partial charge < -0.3 is 14.4 Å². The lowest BCUT2D eigenvalue weighted by Crippen LogP contribution is -2.52. The fourth-order valence-electron chi connectivity index (χ4n) is 4.23. The second kappa shape index (κ2) is 9.99. The van der Waals surface area contributed by atoms with Crippen molar-refractivity contribution in [1.29, 1.82) is 0 Å². The molecule has 3 atom stereocenters. The minimum absolute atomic E-state index is 0.132. The summed E-state index contributed by atoms with van der Waals surface area (Å²) in [7, 11) is 0. The first-order chi connectivity index (χ1) is 21.1. The van der Waals surface area contributed by atoms with Crippen LogP contribution in [0.5, 0.6) is 5.75 Å². The van der Waals surface area contributed by atoms with Crippen molar-refractivity contribution in [2.75, 3.05) is 13.1 Å². The zero-order valence-corrected chi connectivity index (χ0v) is 19.4. The van der Waals surface area contributed by atoms with Gasteiger partial charge in [0, 0.05) is 56.4 Å². The highest BCUT2D eigenvalue weighted by molar-refractivity contribution is 6.05. The molecule has 190 valence electrons. The fourth-order valence-corrected chi connectivity index (χ4v) is 4.23. The van der Waals surface area contributed by atoms with E-state index in [4.69, 9.17) is 23.2 Å². The molecule has 3 heterocycles. The first-order valence-corrected chi connectivity index (χ1v) is 11.3. The molecule has 8 nitrogen and oxygen atoms in total. The van der Waals surface area contributed by atoms with Gasteiger partial charge in [-0.1, -0.05) is 24.3 Å². The molecule has 5 rings (SSSR count). The van der Waals surface area contributed by atoms with Crippen molar-refractivity contribution in [2.24, 2.45) is 0 Å². The second-order valence-electron chi connectivity index (χ2n) is 8.60. The molecule has 3 amide bonds. The van der Waals surface area contributed by atoms with Gasteiger partial charge in [0.15, 0.2) is 0 Å². The number of morpholine rings is 1. The number of nitrogens with zero attached hydrogens (tertiary/aromatic N) is 2. The highest BCUT2D eigenvalue weighted by Gasteiger charge is 2.40. The van der Waals surface area contributed by atoms with Crippen LogP contribution in [-0.4, -0.2) is 58.9 Å². The van der Waals surface area contributed by atoms with Crippen molar-refractivity contribution in [3.63, 3.8) is 0 Å². The Morgan fingerprint density at radius 3 is 2.64 bits per heavy atom. The van der Waals surface area contributed by atoms with Gasteiger partial charge in [-0.15, -0.1) is 0 Å². The summed E-state index contributed by atoms with van der Waals surface area (Å²) in [6.07, 6.45) is -7.46. The summed E-state index contributed by atoms with van der Waals surface area (Å²) in [6.45, 7) is -4.86. The van der Waals surface area contributed by atoms with Crippen molar-refractivity contribution in [3.8, 4) is 5.75 Å². The Kier molecular flexibility index (Phi) is 4.18. The molecule has 3 unspecified atom stereocenters. The van der Waals surface area contributed by atoms with Crippen LogP contribution in [0.1, 0.15) is 67.3 Å². The van der Waals surface area contributed by atoms with Crippen molar-refractivity contribution in [2.45, 2.75) is 64.4 Å². The molecule has 3 aliphatic heterocycles. The van der Waals surface area contributed by atoms with Gasteiger partial charge in [-0.05, 0) is 32.4 Å². The molecular weight excluding hydrogens is 465 g/mol. The van der Waals surface area contributed by atoms with Crippen LogP contribution in [-0.2, 0) is 33.9 Å². The second-order valence-corrected chi connectivity index (χ2v) is 8.60. The number of hydrogen-bond acceptors (Lipinski definition) is 6. The number of imide groups is 1. The Hall–Kier alpha value is -3.30. The van der Waals surface area contributed by atoms with E-state index >= 15 is 4.39 Å². The number of rotatable bonds is 6. The van der Waals surface area contributed by atoms with Gasteiger partial charge in [0.1, 0.15) is 24.2 Å². The summed E-state index contributed by atoms with van der Waals surface area (Å²) in [5.41, 5.74) is -2.34. The van der Waals surface area contributed by atoms with Gasteiger partial charge >= 0.3 is 0 Å². The van der Waals surface area contributed by atoms with Crippen molar-refractivity contribution in [3.05, 3.63) is 64.5 Å². The Morgan fingerprint density at radius 1 is 1.14 bits per heavy atom. The van der Waals surface area contributed by atoms with E-state index in [-0.39, 0.29) is 30.2 Å². The maximum atomic E-state index is 16.0. The zero-order chi connectivity index (χ0) is 34.4. The van der Waals surface area contributed by atoms with E-state index in [1.54, 1.807) is 19.2 Å². The molecule has 2 fully saturated rings. The SMILES string of the molecule is [2H]C([2H])(Oc1cccc2c1C([2H])([2H])N(C1C(=O)NC(=O)C([2H])([2H])C1([2H])[2H])C2=O)c1cccc(C([2H])([2H])N2CC(C)OC(C)C2)c1F. The third-order valence-corrected chi connectivity index (χ3v) is 5.74. The van der Waals surface area contributed by atoms with Crippen LogP contribution in [0.2, 0.25) is 0 Å².